The van der Waals surface area contributed by atoms with Gasteiger partial charge in [-0.1, -0.05) is 16.8 Å². The third kappa shape index (κ3) is 3.43. The fraction of sp³-hybridized carbons (Fsp3) is 0.312. The van der Waals surface area contributed by atoms with E-state index in [1.165, 1.54) is 0 Å². The van der Waals surface area contributed by atoms with E-state index in [1.807, 2.05) is 35.8 Å². The fourth-order valence-electron chi connectivity index (χ4n) is 2.70. The molecule has 3 aromatic rings. The fourth-order valence-corrected chi connectivity index (χ4v) is 3.52. The topological polar surface area (TPSA) is 58.3 Å². The van der Waals surface area contributed by atoms with E-state index in [-0.39, 0.29) is 0 Å². The van der Waals surface area contributed by atoms with Gasteiger partial charge in [0.2, 0.25) is 11.7 Å². The van der Waals surface area contributed by atoms with Crippen molar-refractivity contribution in [2.75, 3.05) is 31.1 Å². The van der Waals surface area contributed by atoms with Gasteiger partial charge >= 0.3 is 0 Å². The van der Waals surface area contributed by atoms with Crippen LogP contribution in [0.4, 0.5) is 5.13 Å². The predicted molar refractivity (Wildman–Crippen MR) is 94.3 cm³/mol. The number of thiazole rings is 1. The lowest BCUT2D eigenvalue weighted by atomic mass is 10.2. The summed E-state index contributed by atoms with van der Waals surface area (Å²) in [6, 6.07) is 7.43. The Labute approximate surface area is 148 Å². The predicted octanol–water partition coefficient (Wildman–Crippen LogP) is 3.17. The minimum atomic E-state index is 0.600. The van der Waals surface area contributed by atoms with Gasteiger partial charge < -0.3 is 9.42 Å². The summed E-state index contributed by atoms with van der Waals surface area (Å²) in [5.41, 5.74) is 0.906. The van der Waals surface area contributed by atoms with Gasteiger partial charge in [-0.2, -0.15) is 4.98 Å². The van der Waals surface area contributed by atoms with Gasteiger partial charge in [-0.05, 0) is 24.3 Å². The molecule has 0 radical (unpaired) electrons. The molecular weight excluding hydrogens is 346 g/mol. The number of piperazine rings is 1. The third-order valence-electron chi connectivity index (χ3n) is 3.99. The number of nitrogens with zero attached hydrogens (tertiary/aromatic N) is 5. The first-order chi connectivity index (χ1) is 11.8. The zero-order chi connectivity index (χ0) is 16.4. The van der Waals surface area contributed by atoms with Crippen LogP contribution >= 0.6 is 22.9 Å². The molecule has 1 aromatic carbocycles. The molecule has 0 unspecified atom stereocenters. The number of benzene rings is 1. The average Bonchev–Trinajstić information content (AvgIpc) is 3.28. The van der Waals surface area contributed by atoms with Crippen LogP contribution in [0.2, 0.25) is 5.02 Å². The molecule has 3 heterocycles. The van der Waals surface area contributed by atoms with Crippen molar-refractivity contribution >= 4 is 28.1 Å². The number of rotatable bonds is 4. The monoisotopic (exact) mass is 361 g/mol. The summed E-state index contributed by atoms with van der Waals surface area (Å²) in [4.78, 5) is 13.5. The molecule has 0 bridgehead atoms. The Balaban J connectivity index is 1.36. The summed E-state index contributed by atoms with van der Waals surface area (Å²) >= 11 is 7.59. The second-order valence-electron chi connectivity index (χ2n) is 5.60. The Morgan fingerprint density at radius 2 is 1.92 bits per heavy atom. The molecule has 1 saturated heterocycles. The third-order valence-corrected chi connectivity index (χ3v) is 5.08. The maximum Gasteiger partial charge on any atom is 0.241 e. The lowest BCUT2D eigenvalue weighted by Crippen LogP contribution is -2.46. The molecule has 0 atom stereocenters. The number of halogens is 1. The van der Waals surface area contributed by atoms with Crippen LogP contribution < -0.4 is 4.90 Å². The minimum absolute atomic E-state index is 0.600. The molecule has 8 heteroatoms. The van der Waals surface area contributed by atoms with Gasteiger partial charge in [-0.25, -0.2) is 4.98 Å². The van der Waals surface area contributed by atoms with Crippen molar-refractivity contribution < 1.29 is 4.52 Å². The van der Waals surface area contributed by atoms with Crippen LogP contribution in [-0.4, -0.2) is 46.2 Å². The highest BCUT2D eigenvalue weighted by atomic mass is 35.5. The van der Waals surface area contributed by atoms with Crippen LogP contribution in [0.5, 0.6) is 0 Å². The van der Waals surface area contributed by atoms with Crippen molar-refractivity contribution in [2.45, 2.75) is 6.54 Å². The lowest BCUT2D eigenvalue weighted by Gasteiger charge is -2.33. The Morgan fingerprint density at radius 1 is 1.12 bits per heavy atom. The molecule has 0 spiro atoms. The van der Waals surface area contributed by atoms with E-state index >= 15 is 0 Å². The van der Waals surface area contributed by atoms with E-state index in [2.05, 4.69) is 24.9 Å². The molecule has 0 N–H and O–H groups in total. The van der Waals surface area contributed by atoms with E-state index in [1.54, 1.807) is 11.3 Å². The van der Waals surface area contributed by atoms with Gasteiger partial charge in [0.1, 0.15) is 0 Å². The summed E-state index contributed by atoms with van der Waals surface area (Å²) in [6.45, 7) is 4.51. The van der Waals surface area contributed by atoms with Crippen LogP contribution in [0.25, 0.3) is 11.4 Å². The highest BCUT2D eigenvalue weighted by Crippen LogP contribution is 2.21. The zero-order valence-electron chi connectivity index (χ0n) is 12.9. The Hall–Kier alpha value is -1.96. The molecule has 1 aliphatic heterocycles. The van der Waals surface area contributed by atoms with Crippen LogP contribution in [0.15, 0.2) is 40.4 Å². The summed E-state index contributed by atoms with van der Waals surface area (Å²) in [7, 11) is 0. The summed E-state index contributed by atoms with van der Waals surface area (Å²) in [5, 5.41) is 7.86. The molecule has 0 saturated carbocycles. The van der Waals surface area contributed by atoms with E-state index in [0.717, 1.165) is 36.9 Å². The molecular formula is C16H16ClN5OS. The molecule has 1 aliphatic rings. The molecule has 0 amide bonds. The van der Waals surface area contributed by atoms with Crippen LogP contribution in [0.1, 0.15) is 5.89 Å². The van der Waals surface area contributed by atoms with Gasteiger partial charge in [0.05, 0.1) is 6.54 Å². The first-order valence-electron chi connectivity index (χ1n) is 7.73. The number of hydrogen-bond acceptors (Lipinski definition) is 7. The average molecular weight is 362 g/mol. The van der Waals surface area contributed by atoms with Crippen molar-refractivity contribution in [2.24, 2.45) is 0 Å². The quantitative estimate of drug-likeness (QED) is 0.711. The van der Waals surface area contributed by atoms with Gasteiger partial charge in [-0.3, -0.25) is 4.90 Å². The van der Waals surface area contributed by atoms with Crippen molar-refractivity contribution in [3.63, 3.8) is 0 Å². The van der Waals surface area contributed by atoms with E-state index in [4.69, 9.17) is 16.1 Å². The van der Waals surface area contributed by atoms with Crippen LogP contribution in [0, 0.1) is 0 Å². The summed E-state index contributed by atoms with van der Waals surface area (Å²) in [6.07, 6.45) is 1.85. The first-order valence-corrected chi connectivity index (χ1v) is 8.99. The molecule has 4 rings (SSSR count). The number of anilines is 1. The highest BCUT2D eigenvalue weighted by molar-refractivity contribution is 7.13. The van der Waals surface area contributed by atoms with E-state index in [9.17, 15) is 0 Å². The number of hydrogen-bond donors (Lipinski definition) is 0. The Kier molecular flexibility index (Phi) is 4.46. The van der Waals surface area contributed by atoms with Crippen molar-refractivity contribution in [3.8, 4) is 11.4 Å². The molecule has 1 fully saturated rings. The minimum Gasteiger partial charge on any atom is -0.346 e. The molecule has 2 aromatic heterocycles. The maximum atomic E-state index is 5.90. The zero-order valence-corrected chi connectivity index (χ0v) is 14.5. The number of aromatic nitrogens is 3. The van der Waals surface area contributed by atoms with Crippen molar-refractivity contribution in [1.29, 1.82) is 0 Å². The van der Waals surface area contributed by atoms with Crippen LogP contribution in [0.3, 0.4) is 0 Å². The normalized spacial score (nSPS) is 15.8. The Bertz CT molecular complexity index is 781. The standard InChI is InChI=1S/C16H16ClN5OS/c17-13-3-1-12(2-4-13)15-19-14(23-20-15)11-21-6-8-22(9-7-21)16-18-5-10-24-16/h1-5,10H,6-9,11H2. The Morgan fingerprint density at radius 3 is 2.62 bits per heavy atom. The SMILES string of the molecule is Clc1ccc(-c2noc(CN3CCN(c4nccs4)CC3)n2)cc1. The smallest absolute Gasteiger partial charge is 0.241 e. The van der Waals surface area contributed by atoms with Crippen molar-refractivity contribution in [1.82, 2.24) is 20.0 Å². The van der Waals surface area contributed by atoms with Gasteiger partial charge in [-0.15, -0.1) is 11.3 Å². The van der Waals surface area contributed by atoms with Crippen molar-refractivity contribution in [3.05, 3.63) is 46.8 Å². The summed E-state index contributed by atoms with van der Waals surface area (Å²) < 4.78 is 5.39. The van der Waals surface area contributed by atoms with Gasteiger partial charge in [0.15, 0.2) is 5.13 Å². The largest absolute Gasteiger partial charge is 0.346 e. The van der Waals surface area contributed by atoms with E-state index < -0.39 is 0 Å². The molecule has 24 heavy (non-hydrogen) atoms. The second-order valence-corrected chi connectivity index (χ2v) is 6.91. The van der Waals surface area contributed by atoms with E-state index in [0.29, 0.717) is 23.3 Å². The van der Waals surface area contributed by atoms with Gasteiger partial charge in [0.25, 0.3) is 0 Å². The van der Waals surface area contributed by atoms with Crippen LogP contribution in [-0.2, 0) is 6.54 Å². The lowest BCUT2D eigenvalue weighted by molar-refractivity contribution is 0.215. The molecule has 124 valence electrons. The molecule has 0 aliphatic carbocycles. The maximum absolute atomic E-state index is 5.90. The highest BCUT2D eigenvalue weighted by Gasteiger charge is 2.20. The van der Waals surface area contributed by atoms with Gasteiger partial charge in [0, 0.05) is 48.3 Å². The first kappa shape index (κ1) is 15.6. The molecule has 6 nitrogen and oxygen atoms in total. The summed E-state index contributed by atoms with van der Waals surface area (Å²) in [5.74, 6) is 1.24. The second kappa shape index (κ2) is 6.88.